The molecule has 0 aliphatic heterocycles. The first-order valence-corrected chi connectivity index (χ1v) is 6.60. The highest BCUT2D eigenvalue weighted by Crippen LogP contribution is 2.43. The standard InChI is InChI=1S/C11H6ClF3N4S/c1-5-2-7(19-10(18-5)16-4-17-19)9-6(12)3-8(20-9)11(13,14)15/h2-4H,1H3. The largest absolute Gasteiger partial charge is 0.425 e. The summed E-state index contributed by atoms with van der Waals surface area (Å²) in [5.41, 5.74) is 1.06. The summed E-state index contributed by atoms with van der Waals surface area (Å²) in [6.45, 7) is 1.73. The van der Waals surface area contributed by atoms with Crippen LogP contribution in [0.15, 0.2) is 18.5 Å². The fourth-order valence-electron chi connectivity index (χ4n) is 1.78. The molecule has 3 heterocycles. The van der Waals surface area contributed by atoms with Crippen molar-refractivity contribution in [2.75, 3.05) is 0 Å². The van der Waals surface area contributed by atoms with Gasteiger partial charge in [0.1, 0.15) is 11.2 Å². The molecule has 0 aromatic carbocycles. The van der Waals surface area contributed by atoms with Crippen molar-refractivity contribution in [3.63, 3.8) is 0 Å². The second-order valence-electron chi connectivity index (χ2n) is 4.04. The lowest BCUT2D eigenvalue weighted by Crippen LogP contribution is -2.00. The van der Waals surface area contributed by atoms with Gasteiger partial charge in [-0.1, -0.05) is 11.6 Å². The van der Waals surface area contributed by atoms with Gasteiger partial charge in [-0.2, -0.15) is 27.8 Å². The summed E-state index contributed by atoms with van der Waals surface area (Å²) >= 11 is 6.51. The zero-order valence-electron chi connectivity index (χ0n) is 9.94. The molecule has 0 unspecified atom stereocenters. The maximum Gasteiger partial charge on any atom is 0.425 e. The molecule has 3 rings (SSSR count). The third-order valence-corrected chi connectivity index (χ3v) is 4.19. The van der Waals surface area contributed by atoms with Crippen LogP contribution in [-0.2, 0) is 6.18 Å². The van der Waals surface area contributed by atoms with Crippen molar-refractivity contribution in [1.82, 2.24) is 19.6 Å². The summed E-state index contributed by atoms with van der Waals surface area (Å²) in [6, 6.07) is 2.54. The summed E-state index contributed by atoms with van der Waals surface area (Å²) in [7, 11) is 0. The third kappa shape index (κ3) is 2.14. The smallest absolute Gasteiger partial charge is 0.216 e. The van der Waals surface area contributed by atoms with Crippen molar-refractivity contribution < 1.29 is 13.2 Å². The number of alkyl halides is 3. The van der Waals surface area contributed by atoms with Crippen LogP contribution in [0.5, 0.6) is 0 Å². The van der Waals surface area contributed by atoms with Crippen LogP contribution in [0.4, 0.5) is 13.2 Å². The topological polar surface area (TPSA) is 43.1 Å². The van der Waals surface area contributed by atoms with E-state index >= 15 is 0 Å². The van der Waals surface area contributed by atoms with Crippen molar-refractivity contribution in [1.29, 1.82) is 0 Å². The van der Waals surface area contributed by atoms with E-state index < -0.39 is 11.1 Å². The minimum atomic E-state index is -4.42. The van der Waals surface area contributed by atoms with E-state index in [0.717, 1.165) is 6.07 Å². The van der Waals surface area contributed by atoms with E-state index in [1.165, 1.54) is 10.8 Å². The van der Waals surface area contributed by atoms with E-state index in [9.17, 15) is 13.2 Å². The van der Waals surface area contributed by atoms with Crippen LogP contribution in [0.25, 0.3) is 16.3 Å². The van der Waals surface area contributed by atoms with Crippen LogP contribution in [0.3, 0.4) is 0 Å². The lowest BCUT2D eigenvalue weighted by Gasteiger charge is -2.04. The molecule has 0 radical (unpaired) electrons. The van der Waals surface area contributed by atoms with Crippen LogP contribution < -0.4 is 0 Å². The van der Waals surface area contributed by atoms with Crippen molar-refractivity contribution >= 4 is 28.7 Å². The van der Waals surface area contributed by atoms with E-state index in [2.05, 4.69) is 15.1 Å². The predicted octanol–water partition coefficient (Wildman–Crippen LogP) is 3.83. The van der Waals surface area contributed by atoms with Gasteiger partial charge in [-0.05, 0) is 19.1 Å². The van der Waals surface area contributed by atoms with Gasteiger partial charge in [0.05, 0.1) is 15.6 Å². The van der Waals surface area contributed by atoms with Gasteiger partial charge in [0.2, 0.25) is 0 Å². The molecule has 20 heavy (non-hydrogen) atoms. The van der Waals surface area contributed by atoms with Crippen molar-refractivity contribution in [2.24, 2.45) is 0 Å². The molecular formula is C11H6ClF3N4S. The number of aryl methyl sites for hydroxylation is 1. The van der Waals surface area contributed by atoms with E-state index in [1.807, 2.05) is 0 Å². The first-order chi connectivity index (χ1) is 9.36. The first kappa shape index (κ1) is 13.3. The molecule has 0 atom stereocenters. The SMILES string of the molecule is Cc1cc(-c2sc(C(F)(F)F)cc2Cl)n2ncnc2n1. The van der Waals surface area contributed by atoms with Crippen LogP contribution in [0, 0.1) is 6.92 Å². The fourth-order valence-corrected chi connectivity index (χ4v) is 3.08. The number of rotatable bonds is 1. The molecule has 4 nitrogen and oxygen atoms in total. The molecule has 0 N–H and O–H groups in total. The molecule has 0 aliphatic carbocycles. The molecule has 0 saturated heterocycles. The van der Waals surface area contributed by atoms with E-state index in [1.54, 1.807) is 13.0 Å². The second kappa shape index (κ2) is 4.42. The Bertz CT molecular complexity index is 793. The quantitative estimate of drug-likeness (QED) is 0.685. The molecule has 104 valence electrons. The Morgan fingerprint density at radius 2 is 2.05 bits per heavy atom. The van der Waals surface area contributed by atoms with Gasteiger partial charge in [-0.25, -0.2) is 4.98 Å². The number of nitrogens with zero attached hydrogens (tertiary/aromatic N) is 4. The Balaban J connectivity index is 2.26. The molecule has 0 fully saturated rings. The van der Waals surface area contributed by atoms with Crippen LogP contribution >= 0.6 is 22.9 Å². The van der Waals surface area contributed by atoms with Gasteiger partial charge in [0.25, 0.3) is 5.78 Å². The molecule has 3 aromatic rings. The highest BCUT2D eigenvalue weighted by atomic mass is 35.5. The molecule has 0 saturated carbocycles. The van der Waals surface area contributed by atoms with E-state index in [4.69, 9.17) is 11.6 Å². The summed E-state index contributed by atoms with van der Waals surface area (Å²) in [4.78, 5) is 7.61. The molecule has 3 aromatic heterocycles. The van der Waals surface area contributed by atoms with Gasteiger partial charge < -0.3 is 0 Å². The normalized spacial score (nSPS) is 12.2. The lowest BCUT2D eigenvalue weighted by atomic mass is 10.3. The number of hydrogen-bond acceptors (Lipinski definition) is 4. The van der Waals surface area contributed by atoms with Crippen LogP contribution in [0.2, 0.25) is 5.02 Å². The van der Waals surface area contributed by atoms with Gasteiger partial charge in [0, 0.05) is 5.69 Å². The number of thiophene rings is 1. The van der Waals surface area contributed by atoms with Crippen molar-refractivity contribution in [3.05, 3.63) is 34.1 Å². The summed E-state index contributed by atoms with van der Waals surface area (Å²) in [5, 5.41) is 3.99. The second-order valence-corrected chi connectivity index (χ2v) is 5.50. The Morgan fingerprint density at radius 3 is 2.70 bits per heavy atom. The van der Waals surface area contributed by atoms with E-state index in [0.29, 0.717) is 33.4 Å². The zero-order chi connectivity index (χ0) is 14.5. The van der Waals surface area contributed by atoms with Gasteiger partial charge in [-0.15, -0.1) is 11.3 Å². The minimum Gasteiger partial charge on any atom is -0.216 e. The van der Waals surface area contributed by atoms with E-state index in [-0.39, 0.29) is 5.02 Å². The molecule has 0 amide bonds. The molecule has 9 heteroatoms. The van der Waals surface area contributed by atoms with Crippen LogP contribution in [-0.4, -0.2) is 19.6 Å². The number of fused-ring (bicyclic) bond motifs is 1. The lowest BCUT2D eigenvalue weighted by molar-refractivity contribution is -0.134. The Hall–Kier alpha value is -1.67. The summed E-state index contributed by atoms with van der Waals surface area (Å²) in [6.07, 6.45) is -3.13. The van der Waals surface area contributed by atoms with Gasteiger partial charge in [-0.3, -0.25) is 0 Å². The van der Waals surface area contributed by atoms with Crippen molar-refractivity contribution in [3.8, 4) is 10.6 Å². The minimum absolute atomic E-state index is 0.0322. The fraction of sp³-hybridized carbons (Fsp3) is 0.182. The van der Waals surface area contributed by atoms with Crippen LogP contribution in [0.1, 0.15) is 10.6 Å². The third-order valence-electron chi connectivity index (χ3n) is 2.58. The van der Waals surface area contributed by atoms with Gasteiger partial charge >= 0.3 is 6.18 Å². The average Bonchev–Trinajstić information content (AvgIpc) is 2.93. The zero-order valence-corrected chi connectivity index (χ0v) is 11.5. The number of aromatic nitrogens is 4. The van der Waals surface area contributed by atoms with Crippen molar-refractivity contribution in [2.45, 2.75) is 13.1 Å². The molecule has 0 aliphatic rings. The van der Waals surface area contributed by atoms with Gasteiger partial charge in [0.15, 0.2) is 0 Å². The monoisotopic (exact) mass is 318 g/mol. The number of hydrogen-bond donors (Lipinski definition) is 0. The highest BCUT2D eigenvalue weighted by molar-refractivity contribution is 7.16. The number of halogens is 4. The summed E-state index contributed by atoms with van der Waals surface area (Å²) < 4.78 is 39.6. The Labute approximate surface area is 119 Å². The molecule has 0 bridgehead atoms. The maximum absolute atomic E-state index is 12.7. The first-order valence-electron chi connectivity index (χ1n) is 5.40. The predicted molar refractivity (Wildman–Crippen MR) is 68.8 cm³/mol. The maximum atomic E-state index is 12.7. The Kier molecular flexibility index (Phi) is 2.94. The summed E-state index contributed by atoms with van der Waals surface area (Å²) in [5.74, 6) is 0.318. The average molecular weight is 319 g/mol. The molecular weight excluding hydrogens is 313 g/mol. The highest BCUT2D eigenvalue weighted by Gasteiger charge is 2.34. The molecule has 0 spiro atoms. The Morgan fingerprint density at radius 1 is 1.30 bits per heavy atom.